The van der Waals surface area contributed by atoms with Crippen LogP contribution in [-0.4, -0.2) is 36.8 Å². The lowest BCUT2D eigenvalue weighted by Gasteiger charge is -2.19. The number of hydrogen-bond acceptors (Lipinski definition) is 7. The molecule has 4 heterocycles. The first-order valence-corrected chi connectivity index (χ1v) is 10.5. The number of tetrazole rings is 1. The van der Waals surface area contributed by atoms with Crippen molar-refractivity contribution < 1.29 is 9.21 Å². The molecule has 1 atom stereocenters. The number of rotatable bonds is 5. The van der Waals surface area contributed by atoms with Gasteiger partial charge in [-0.25, -0.2) is 5.01 Å². The van der Waals surface area contributed by atoms with Gasteiger partial charge < -0.3 is 4.42 Å². The molecule has 5 rings (SSSR count). The van der Waals surface area contributed by atoms with Crippen molar-refractivity contribution in [3.8, 4) is 11.4 Å². The molecule has 1 aliphatic rings. The minimum absolute atomic E-state index is 0.0776. The number of benzene rings is 1. The Labute approximate surface area is 180 Å². The van der Waals surface area contributed by atoms with Crippen LogP contribution in [0.3, 0.4) is 0 Å². The third kappa shape index (κ3) is 3.64. The number of hydrazone groups is 1. The number of carbonyl (C=O) groups is 1. The van der Waals surface area contributed by atoms with Crippen LogP contribution >= 0.6 is 22.9 Å². The van der Waals surface area contributed by atoms with Crippen molar-refractivity contribution in [2.45, 2.75) is 19.0 Å². The van der Waals surface area contributed by atoms with Gasteiger partial charge in [0, 0.05) is 22.4 Å². The van der Waals surface area contributed by atoms with Gasteiger partial charge in [-0.3, -0.25) is 4.79 Å². The van der Waals surface area contributed by atoms with E-state index in [-0.39, 0.29) is 18.5 Å². The first-order chi connectivity index (χ1) is 14.7. The quantitative estimate of drug-likeness (QED) is 0.469. The highest BCUT2D eigenvalue weighted by molar-refractivity contribution is 7.08. The third-order valence-corrected chi connectivity index (χ3v) is 5.66. The van der Waals surface area contributed by atoms with E-state index in [0.29, 0.717) is 23.0 Å². The van der Waals surface area contributed by atoms with Crippen molar-refractivity contribution in [1.29, 1.82) is 0 Å². The summed E-state index contributed by atoms with van der Waals surface area (Å²) in [6.07, 6.45) is 2.12. The number of halogens is 1. The molecule has 0 saturated heterocycles. The molecule has 1 aliphatic heterocycles. The number of hydrogen-bond donors (Lipinski definition) is 0. The maximum atomic E-state index is 13.1. The van der Waals surface area contributed by atoms with Crippen molar-refractivity contribution in [3.05, 3.63) is 75.8 Å². The second kappa shape index (κ2) is 7.85. The summed E-state index contributed by atoms with van der Waals surface area (Å²) in [6, 6.07) is 12.6. The van der Waals surface area contributed by atoms with Crippen LogP contribution < -0.4 is 0 Å². The lowest BCUT2D eigenvalue weighted by molar-refractivity contribution is -0.134. The largest absolute Gasteiger partial charge is 0.467 e. The Hall–Kier alpha value is -3.30. The van der Waals surface area contributed by atoms with Gasteiger partial charge >= 0.3 is 0 Å². The number of furan rings is 1. The molecule has 0 bridgehead atoms. The van der Waals surface area contributed by atoms with Crippen molar-refractivity contribution >= 4 is 34.6 Å². The van der Waals surface area contributed by atoms with Crippen LogP contribution in [0.2, 0.25) is 5.02 Å². The molecule has 0 radical (unpaired) electrons. The van der Waals surface area contributed by atoms with Crippen LogP contribution in [-0.2, 0) is 11.3 Å². The van der Waals surface area contributed by atoms with E-state index in [0.717, 1.165) is 16.8 Å². The molecule has 30 heavy (non-hydrogen) atoms. The van der Waals surface area contributed by atoms with E-state index in [1.165, 1.54) is 9.81 Å². The zero-order chi connectivity index (χ0) is 20.5. The summed E-state index contributed by atoms with van der Waals surface area (Å²) >= 11 is 7.54. The standard InChI is InChI=1S/C20H15ClN6O2S/c21-15-5-3-13(4-6-15)16-10-17(18-2-1-8-29-18)27(23-16)19(28)11-26-24-20(22-25-26)14-7-9-30-12-14/h1-9,12,17H,10-11H2/t17-/m0/s1. The predicted octanol–water partition coefficient (Wildman–Crippen LogP) is 4.03. The number of carbonyl (C=O) groups excluding carboxylic acids is 1. The average molecular weight is 439 g/mol. The Morgan fingerprint density at radius 2 is 2.07 bits per heavy atom. The van der Waals surface area contributed by atoms with E-state index in [4.69, 9.17) is 16.0 Å². The molecule has 150 valence electrons. The molecular formula is C20H15ClN6O2S. The van der Waals surface area contributed by atoms with Crippen LogP contribution in [0.25, 0.3) is 11.4 Å². The smallest absolute Gasteiger partial charge is 0.267 e. The van der Waals surface area contributed by atoms with Gasteiger partial charge in [0.2, 0.25) is 5.82 Å². The lowest BCUT2D eigenvalue weighted by Crippen LogP contribution is -2.31. The van der Waals surface area contributed by atoms with Gasteiger partial charge in [-0.05, 0) is 46.5 Å². The Kier molecular flexibility index (Phi) is 4.89. The zero-order valence-corrected chi connectivity index (χ0v) is 17.1. The van der Waals surface area contributed by atoms with Crippen molar-refractivity contribution in [2.24, 2.45) is 5.10 Å². The summed E-state index contributed by atoms with van der Waals surface area (Å²) in [4.78, 5) is 14.4. The minimum Gasteiger partial charge on any atom is -0.467 e. The molecule has 10 heteroatoms. The van der Waals surface area contributed by atoms with Gasteiger partial charge in [0.15, 0.2) is 0 Å². The Morgan fingerprint density at radius 1 is 1.20 bits per heavy atom. The number of thiophene rings is 1. The van der Waals surface area contributed by atoms with E-state index in [2.05, 4.69) is 20.5 Å². The van der Waals surface area contributed by atoms with Crippen molar-refractivity contribution in [1.82, 2.24) is 25.2 Å². The molecule has 1 aromatic carbocycles. The number of aromatic nitrogens is 4. The molecule has 8 nitrogen and oxygen atoms in total. The second-order valence-electron chi connectivity index (χ2n) is 6.68. The van der Waals surface area contributed by atoms with E-state index < -0.39 is 0 Å². The average Bonchev–Trinajstić information content (AvgIpc) is 3.55. The molecule has 3 aromatic heterocycles. The summed E-state index contributed by atoms with van der Waals surface area (Å²) in [5.74, 6) is 0.898. The highest BCUT2D eigenvalue weighted by Gasteiger charge is 2.35. The molecule has 0 fully saturated rings. The summed E-state index contributed by atoms with van der Waals surface area (Å²) in [7, 11) is 0. The minimum atomic E-state index is -0.335. The molecule has 0 unspecified atom stereocenters. The second-order valence-corrected chi connectivity index (χ2v) is 7.90. The van der Waals surface area contributed by atoms with Gasteiger partial charge in [-0.2, -0.15) is 21.2 Å². The fourth-order valence-electron chi connectivity index (χ4n) is 3.27. The van der Waals surface area contributed by atoms with E-state index in [1.807, 2.05) is 35.0 Å². The maximum absolute atomic E-state index is 13.1. The molecule has 0 N–H and O–H groups in total. The maximum Gasteiger partial charge on any atom is 0.267 e. The molecular weight excluding hydrogens is 424 g/mol. The SMILES string of the molecule is O=C(Cn1nnc(-c2ccsc2)n1)N1N=C(c2ccc(Cl)cc2)C[C@H]1c1ccco1. The van der Waals surface area contributed by atoms with E-state index in [9.17, 15) is 4.79 Å². The Balaban J connectivity index is 1.40. The summed E-state index contributed by atoms with van der Waals surface area (Å²) < 4.78 is 5.57. The molecule has 1 amide bonds. The van der Waals surface area contributed by atoms with Crippen molar-refractivity contribution in [2.75, 3.05) is 0 Å². The van der Waals surface area contributed by atoms with Gasteiger partial charge in [-0.15, -0.1) is 10.2 Å². The fourth-order valence-corrected chi connectivity index (χ4v) is 4.03. The predicted molar refractivity (Wildman–Crippen MR) is 112 cm³/mol. The van der Waals surface area contributed by atoms with Crippen LogP contribution in [0, 0.1) is 0 Å². The third-order valence-electron chi connectivity index (χ3n) is 4.72. The molecule has 4 aromatic rings. The topological polar surface area (TPSA) is 89.4 Å². The van der Waals surface area contributed by atoms with E-state index >= 15 is 0 Å². The van der Waals surface area contributed by atoms with Crippen LogP contribution in [0.5, 0.6) is 0 Å². The first kappa shape index (κ1) is 18.7. The number of amides is 1. The normalized spacial score (nSPS) is 16.1. The van der Waals surface area contributed by atoms with E-state index in [1.54, 1.807) is 35.8 Å². The van der Waals surface area contributed by atoms with Crippen LogP contribution in [0.1, 0.15) is 23.8 Å². The zero-order valence-electron chi connectivity index (χ0n) is 15.6. The number of nitrogens with zero attached hydrogens (tertiary/aromatic N) is 6. The van der Waals surface area contributed by atoms with Gasteiger partial charge in [-0.1, -0.05) is 23.7 Å². The molecule has 0 aliphatic carbocycles. The first-order valence-electron chi connectivity index (χ1n) is 9.16. The fraction of sp³-hybridized carbons (Fsp3) is 0.150. The highest BCUT2D eigenvalue weighted by Crippen LogP contribution is 2.33. The van der Waals surface area contributed by atoms with Gasteiger partial charge in [0.25, 0.3) is 5.91 Å². The molecule has 0 spiro atoms. The Bertz CT molecular complexity index is 1180. The molecule has 0 saturated carbocycles. The monoisotopic (exact) mass is 438 g/mol. The summed E-state index contributed by atoms with van der Waals surface area (Å²) in [5, 5.41) is 22.9. The Morgan fingerprint density at radius 3 is 2.80 bits per heavy atom. The van der Waals surface area contributed by atoms with Gasteiger partial charge in [0.1, 0.15) is 18.3 Å². The van der Waals surface area contributed by atoms with Gasteiger partial charge in [0.05, 0.1) is 12.0 Å². The highest BCUT2D eigenvalue weighted by atomic mass is 35.5. The lowest BCUT2D eigenvalue weighted by atomic mass is 10.0. The van der Waals surface area contributed by atoms with Crippen LogP contribution in [0.4, 0.5) is 0 Å². The summed E-state index contributed by atoms with van der Waals surface area (Å²) in [5.41, 5.74) is 2.56. The van der Waals surface area contributed by atoms with Crippen LogP contribution in [0.15, 0.2) is 69.0 Å². The van der Waals surface area contributed by atoms with Crippen molar-refractivity contribution in [3.63, 3.8) is 0 Å². The summed E-state index contributed by atoms with van der Waals surface area (Å²) in [6.45, 7) is -0.0776.